The number of halogens is 1. The van der Waals surface area contributed by atoms with Crippen LogP contribution in [0.1, 0.15) is 22.3 Å². The molecule has 2 heterocycles. The number of pyridine rings is 1. The summed E-state index contributed by atoms with van der Waals surface area (Å²) >= 11 is 0. The maximum atomic E-state index is 13.8. The molecule has 122 valence electrons. The normalized spacial score (nSPS) is 13.2. The van der Waals surface area contributed by atoms with Crippen LogP contribution in [-0.4, -0.2) is 16.5 Å². The number of nitrogens with one attached hydrogen (secondary N) is 1. The number of benzene rings is 2. The van der Waals surface area contributed by atoms with Crippen molar-refractivity contribution in [3.8, 4) is 0 Å². The van der Waals surface area contributed by atoms with Gasteiger partial charge in [0.25, 0.3) is 0 Å². The molecule has 1 N–H and O–H groups in total. The van der Waals surface area contributed by atoms with E-state index in [1.54, 1.807) is 18.5 Å². The summed E-state index contributed by atoms with van der Waals surface area (Å²) in [7, 11) is 0. The fourth-order valence-electron chi connectivity index (χ4n) is 2.68. The topological polar surface area (TPSA) is 49.6 Å². The predicted molar refractivity (Wildman–Crippen MR) is 96.8 cm³/mol. The zero-order valence-electron chi connectivity index (χ0n) is 13.6. The van der Waals surface area contributed by atoms with Gasteiger partial charge in [-0.1, -0.05) is 29.8 Å². The first kappa shape index (κ1) is 15.2. The van der Waals surface area contributed by atoms with Crippen molar-refractivity contribution >= 4 is 17.2 Å². The standard InChI is InChI=1S/C20H15FN4/c1-13-2-4-15(5-3-13)20-23-18-7-6-16(21)12-17(18)19(24-25-20)14-8-10-22-11-9-14/h2-12H,1H3,(H,23,25). The highest BCUT2D eigenvalue weighted by Gasteiger charge is 2.17. The van der Waals surface area contributed by atoms with Crippen LogP contribution in [0.4, 0.5) is 10.1 Å². The number of aryl methyl sites for hydroxylation is 1. The minimum atomic E-state index is -0.325. The van der Waals surface area contributed by atoms with Crippen LogP contribution in [0.15, 0.2) is 77.1 Å². The molecule has 0 saturated carbocycles. The number of hydrazone groups is 1. The highest BCUT2D eigenvalue weighted by molar-refractivity contribution is 6.17. The molecule has 0 atom stereocenters. The number of hydrogen-bond donors (Lipinski definition) is 1. The first-order valence-electron chi connectivity index (χ1n) is 7.90. The molecule has 25 heavy (non-hydrogen) atoms. The quantitative estimate of drug-likeness (QED) is 0.773. The van der Waals surface area contributed by atoms with Gasteiger partial charge >= 0.3 is 0 Å². The summed E-state index contributed by atoms with van der Waals surface area (Å²) in [4.78, 5) is 8.69. The zero-order valence-corrected chi connectivity index (χ0v) is 13.6. The highest BCUT2D eigenvalue weighted by Crippen LogP contribution is 2.26. The SMILES string of the molecule is Cc1ccc(C2=Nc3ccc(F)cc3C(c3ccncc3)=NN2)cc1. The van der Waals surface area contributed by atoms with E-state index in [-0.39, 0.29) is 5.82 Å². The molecule has 0 saturated heterocycles. The first-order valence-corrected chi connectivity index (χ1v) is 7.90. The Hall–Kier alpha value is -3.34. The van der Waals surface area contributed by atoms with Crippen molar-refractivity contribution in [1.82, 2.24) is 10.4 Å². The summed E-state index contributed by atoms with van der Waals surface area (Å²) in [6, 6.07) is 16.2. The van der Waals surface area contributed by atoms with Crippen LogP contribution >= 0.6 is 0 Å². The van der Waals surface area contributed by atoms with Gasteiger partial charge in [0.1, 0.15) is 11.5 Å². The summed E-state index contributed by atoms with van der Waals surface area (Å²) in [5.74, 6) is 0.298. The molecule has 0 unspecified atom stereocenters. The van der Waals surface area contributed by atoms with Crippen molar-refractivity contribution in [1.29, 1.82) is 0 Å². The van der Waals surface area contributed by atoms with Crippen LogP contribution in [0.3, 0.4) is 0 Å². The maximum Gasteiger partial charge on any atom is 0.154 e. The van der Waals surface area contributed by atoms with Gasteiger partial charge in [0, 0.05) is 29.1 Å². The van der Waals surface area contributed by atoms with E-state index >= 15 is 0 Å². The second-order valence-corrected chi connectivity index (χ2v) is 5.80. The lowest BCUT2D eigenvalue weighted by Gasteiger charge is -2.07. The molecule has 2 aromatic carbocycles. The Morgan fingerprint density at radius 1 is 0.880 bits per heavy atom. The number of aliphatic imine (C=N–C) groups is 1. The zero-order chi connectivity index (χ0) is 17.2. The third-order valence-corrected chi connectivity index (χ3v) is 4.00. The molecule has 0 radical (unpaired) electrons. The van der Waals surface area contributed by atoms with E-state index in [4.69, 9.17) is 0 Å². The van der Waals surface area contributed by atoms with E-state index in [0.717, 1.165) is 11.1 Å². The van der Waals surface area contributed by atoms with Crippen molar-refractivity contribution in [3.05, 3.63) is 95.1 Å². The van der Waals surface area contributed by atoms with Gasteiger partial charge in [0.15, 0.2) is 5.84 Å². The Morgan fingerprint density at radius 2 is 1.64 bits per heavy atom. The highest BCUT2D eigenvalue weighted by atomic mass is 19.1. The van der Waals surface area contributed by atoms with Gasteiger partial charge in [-0.05, 0) is 37.3 Å². The number of aromatic nitrogens is 1. The fraction of sp³-hybridized carbons (Fsp3) is 0.0500. The van der Waals surface area contributed by atoms with Gasteiger partial charge in [-0.25, -0.2) is 9.38 Å². The summed E-state index contributed by atoms with van der Waals surface area (Å²) in [6.45, 7) is 2.03. The average molecular weight is 330 g/mol. The van der Waals surface area contributed by atoms with Crippen molar-refractivity contribution in [2.24, 2.45) is 10.1 Å². The number of amidine groups is 1. The largest absolute Gasteiger partial charge is 0.265 e. The molecule has 3 aromatic rings. The third-order valence-electron chi connectivity index (χ3n) is 4.00. The van der Waals surface area contributed by atoms with Gasteiger partial charge in [-0.2, -0.15) is 5.10 Å². The van der Waals surface area contributed by atoms with Crippen molar-refractivity contribution in [3.63, 3.8) is 0 Å². The Balaban J connectivity index is 1.87. The van der Waals surface area contributed by atoms with Gasteiger partial charge in [-0.3, -0.25) is 10.4 Å². The Bertz CT molecular complexity index is 976. The minimum Gasteiger partial charge on any atom is -0.265 e. The summed E-state index contributed by atoms with van der Waals surface area (Å²) in [5, 5.41) is 4.50. The number of nitrogens with zero attached hydrogens (tertiary/aromatic N) is 3. The van der Waals surface area contributed by atoms with Crippen LogP contribution in [0.25, 0.3) is 0 Å². The lowest BCUT2D eigenvalue weighted by atomic mass is 10.0. The van der Waals surface area contributed by atoms with Gasteiger partial charge in [0.05, 0.1) is 5.69 Å². The van der Waals surface area contributed by atoms with Crippen LogP contribution in [0, 0.1) is 12.7 Å². The third kappa shape index (κ3) is 3.04. The summed E-state index contributed by atoms with van der Waals surface area (Å²) < 4.78 is 13.8. The molecule has 4 rings (SSSR count). The molecule has 0 spiro atoms. The van der Waals surface area contributed by atoms with E-state index in [1.807, 2.05) is 43.3 Å². The maximum absolute atomic E-state index is 13.8. The first-order chi connectivity index (χ1) is 12.2. The molecule has 4 nitrogen and oxygen atoms in total. The summed E-state index contributed by atoms with van der Waals surface area (Å²) in [6.07, 6.45) is 3.37. The van der Waals surface area contributed by atoms with Crippen LogP contribution in [0.5, 0.6) is 0 Å². The van der Waals surface area contributed by atoms with E-state index < -0.39 is 0 Å². The van der Waals surface area contributed by atoms with Gasteiger partial charge in [-0.15, -0.1) is 0 Å². The number of rotatable bonds is 2. The second-order valence-electron chi connectivity index (χ2n) is 5.80. The van der Waals surface area contributed by atoms with E-state index in [0.29, 0.717) is 22.8 Å². The minimum absolute atomic E-state index is 0.325. The average Bonchev–Trinajstić information content (AvgIpc) is 2.82. The molecule has 0 fully saturated rings. The monoisotopic (exact) mass is 330 g/mol. The lowest BCUT2D eigenvalue weighted by molar-refractivity contribution is 0.627. The number of hydrogen-bond acceptors (Lipinski definition) is 4. The molecular formula is C20H15FN4. The Kier molecular flexibility index (Phi) is 3.82. The summed E-state index contributed by atoms with van der Waals surface area (Å²) in [5.41, 5.74) is 7.89. The molecular weight excluding hydrogens is 315 g/mol. The van der Waals surface area contributed by atoms with E-state index in [9.17, 15) is 4.39 Å². The predicted octanol–water partition coefficient (Wildman–Crippen LogP) is 3.96. The molecule has 1 aliphatic heterocycles. The molecule has 0 aliphatic carbocycles. The smallest absolute Gasteiger partial charge is 0.154 e. The van der Waals surface area contributed by atoms with Crippen LogP contribution in [-0.2, 0) is 0 Å². The fourth-order valence-corrected chi connectivity index (χ4v) is 2.68. The molecule has 1 aliphatic rings. The van der Waals surface area contributed by atoms with Crippen molar-refractivity contribution in [2.75, 3.05) is 0 Å². The van der Waals surface area contributed by atoms with Crippen LogP contribution < -0.4 is 5.43 Å². The van der Waals surface area contributed by atoms with E-state index in [2.05, 4.69) is 20.5 Å². The molecule has 0 bridgehead atoms. The Labute approximate surface area is 144 Å². The van der Waals surface area contributed by atoms with Crippen molar-refractivity contribution in [2.45, 2.75) is 6.92 Å². The Morgan fingerprint density at radius 3 is 2.40 bits per heavy atom. The van der Waals surface area contributed by atoms with Crippen molar-refractivity contribution < 1.29 is 4.39 Å². The molecule has 5 heteroatoms. The number of fused-ring (bicyclic) bond motifs is 1. The second kappa shape index (κ2) is 6.28. The van der Waals surface area contributed by atoms with Crippen LogP contribution in [0.2, 0.25) is 0 Å². The molecule has 0 amide bonds. The van der Waals surface area contributed by atoms with Gasteiger partial charge < -0.3 is 0 Å². The lowest BCUT2D eigenvalue weighted by Crippen LogP contribution is -2.19. The molecule has 1 aromatic heterocycles. The van der Waals surface area contributed by atoms with E-state index in [1.165, 1.54) is 17.7 Å². The van der Waals surface area contributed by atoms with Gasteiger partial charge in [0.2, 0.25) is 0 Å².